The number of rotatable bonds is 7. The molecule has 1 aliphatic rings. The lowest BCUT2D eigenvalue weighted by Crippen LogP contribution is -2.40. The predicted molar refractivity (Wildman–Crippen MR) is 88.0 cm³/mol. The standard InChI is InChI=1S/C17H27N3O/c1-4-7-14-12-15(14)20-17(18-2)19-11-10-13-8-5-6-9-16(13)21-3/h5-6,8-9,14-15H,4,7,10-12H2,1-3H3,(H2,18,19,20). The van der Waals surface area contributed by atoms with E-state index in [9.17, 15) is 0 Å². The molecule has 116 valence electrons. The molecular weight excluding hydrogens is 262 g/mol. The van der Waals surface area contributed by atoms with Gasteiger partial charge >= 0.3 is 0 Å². The minimum atomic E-state index is 0.613. The number of hydrogen-bond acceptors (Lipinski definition) is 2. The van der Waals surface area contributed by atoms with Crippen LogP contribution >= 0.6 is 0 Å². The highest BCUT2D eigenvalue weighted by Gasteiger charge is 2.36. The number of benzene rings is 1. The number of nitrogens with one attached hydrogen (secondary N) is 2. The van der Waals surface area contributed by atoms with Crippen LogP contribution in [0.5, 0.6) is 5.75 Å². The van der Waals surface area contributed by atoms with E-state index in [4.69, 9.17) is 4.74 Å². The Morgan fingerprint density at radius 1 is 1.38 bits per heavy atom. The van der Waals surface area contributed by atoms with Crippen LogP contribution in [0.15, 0.2) is 29.3 Å². The van der Waals surface area contributed by atoms with Crippen molar-refractivity contribution in [3.63, 3.8) is 0 Å². The lowest BCUT2D eigenvalue weighted by Gasteiger charge is -2.13. The van der Waals surface area contributed by atoms with Gasteiger partial charge in [0.15, 0.2) is 5.96 Å². The molecule has 1 aromatic carbocycles. The first-order valence-corrected chi connectivity index (χ1v) is 7.87. The van der Waals surface area contributed by atoms with Gasteiger partial charge in [-0.15, -0.1) is 0 Å². The van der Waals surface area contributed by atoms with Gasteiger partial charge in [-0.3, -0.25) is 4.99 Å². The van der Waals surface area contributed by atoms with Gasteiger partial charge in [0.2, 0.25) is 0 Å². The Morgan fingerprint density at radius 2 is 2.19 bits per heavy atom. The Morgan fingerprint density at radius 3 is 2.90 bits per heavy atom. The van der Waals surface area contributed by atoms with Crippen molar-refractivity contribution in [1.82, 2.24) is 10.6 Å². The normalized spacial score (nSPS) is 21.0. The number of aliphatic imine (C=N–C) groups is 1. The minimum Gasteiger partial charge on any atom is -0.496 e. The Balaban J connectivity index is 1.74. The molecule has 0 bridgehead atoms. The molecule has 2 N–H and O–H groups in total. The lowest BCUT2D eigenvalue weighted by molar-refractivity contribution is 0.409. The molecule has 1 fully saturated rings. The Hall–Kier alpha value is -1.71. The van der Waals surface area contributed by atoms with E-state index in [1.165, 1.54) is 24.8 Å². The van der Waals surface area contributed by atoms with E-state index in [2.05, 4.69) is 28.6 Å². The van der Waals surface area contributed by atoms with E-state index in [0.29, 0.717) is 6.04 Å². The number of ether oxygens (including phenoxy) is 1. The van der Waals surface area contributed by atoms with E-state index in [0.717, 1.165) is 30.6 Å². The fourth-order valence-corrected chi connectivity index (χ4v) is 2.71. The van der Waals surface area contributed by atoms with Crippen molar-refractivity contribution in [2.24, 2.45) is 10.9 Å². The van der Waals surface area contributed by atoms with Crippen molar-refractivity contribution in [2.45, 2.75) is 38.6 Å². The van der Waals surface area contributed by atoms with Crippen molar-refractivity contribution in [3.05, 3.63) is 29.8 Å². The summed E-state index contributed by atoms with van der Waals surface area (Å²) in [4.78, 5) is 4.30. The summed E-state index contributed by atoms with van der Waals surface area (Å²) in [6, 6.07) is 8.76. The first-order chi connectivity index (χ1) is 10.3. The molecule has 0 spiro atoms. The Bertz CT molecular complexity index is 473. The molecule has 2 unspecified atom stereocenters. The predicted octanol–water partition coefficient (Wildman–Crippen LogP) is 2.59. The van der Waals surface area contributed by atoms with Gasteiger partial charge in [-0.05, 0) is 36.8 Å². The fraction of sp³-hybridized carbons (Fsp3) is 0.588. The average molecular weight is 289 g/mol. The number of methoxy groups -OCH3 is 1. The molecule has 21 heavy (non-hydrogen) atoms. The summed E-state index contributed by atoms with van der Waals surface area (Å²) in [5.74, 6) is 2.70. The number of para-hydroxylation sites is 1. The fourth-order valence-electron chi connectivity index (χ4n) is 2.71. The Kier molecular flexibility index (Phi) is 5.90. The molecule has 4 heteroatoms. The third kappa shape index (κ3) is 4.66. The maximum absolute atomic E-state index is 5.37. The smallest absolute Gasteiger partial charge is 0.191 e. The van der Waals surface area contributed by atoms with Crippen LogP contribution in [0.25, 0.3) is 0 Å². The van der Waals surface area contributed by atoms with Crippen molar-refractivity contribution < 1.29 is 4.74 Å². The van der Waals surface area contributed by atoms with Gasteiger partial charge < -0.3 is 15.4 Å². The van der Waals surface area contributed by atoms with Crippen molar-refractivity contribution >= 4 is 5.96 Å². The third-order valence-electron chi connectivity index (χ3n) is 4.01. The van der Waals surface area contributed by atoms with Gasteiger partial charge in [-0.2, -0.15) is 0 Å². The minimum absolute atomic E-state index is 0.613. The molecule has 0 aromatic heterocycles. The van der Waals surface area contributed by atoms with Crippen LogP contribution in [0.2, 0.25) is 0 Å². The van der Waals surface area contributed by atoms with Crippen LogP contribution in [0.4, 0.5) is 0 Å². The molecule has 0 saturated heterocycles. The lowest BCUT2D eigenvalue weighted by atomic mass is 10.1. The van der Waals surface area contributed by atoms with Crippen LogP contribution in [-0.4, -0.2) is 32.7 Å². The van der Waals surface area contributed by atoms with Crippen molar-refractivity contribution in [1.29, 1.82) is 0 Å². The molecule has 1 saturated carbocycles. The SMILES string of the molecule is CCCC1CC1NC(=NC)NCCc1ccccc1OC. The number of guanidine groups is 1. The summed E-state index contributed by atoms with van der Waals surface area (Å²) >= 11 is 0. The molecule has 2 rings (SSSR count). The van der Waals surface area contributed by atoms with Gasteiger partial charge in [-0.1, -0.05) is 31.5 Å². The molecule has 0 heterocycles. The second kappa shape index (κ2) is 7.91. The van der Waals surface area contributed by atoms with E-state index < -0.39 is 0 Å². The summed E-state index contributed by atoms with van der Waals surface area (Å²) in [6.07, 6.45) is 4.79. The monoisotopic (exact) mass is 289 g/mol. The van der Waals surface area contributed by atoms with Gasteiger partial charge in [0.05, 0.1) is 7.11 Å². The molecule has 4 nitrogen and oxygen atoms in total. The van der Waals surface area contributed by atoms with Gasteiger partial charge in [-0.25, -0.2) is 0 Å². The average Bonchev–Trinajstić information content (AvgIpc) is 3.25. The van der Waals surface area contributed by atoms with Crippen LogP contribution in [0.3, 0.4) is 0 Å². The second-order valence-corrected chi connectivity index (χ2v) is 5.60. The maximum atomic E-state index is 5.37. The van der Waals surface area contributed by atoms with E-state index in [1.807, 2.05) is 25.2 Å². The molecule has 1 aromatic rings. The molecule has 0 aliphatic heterocycles. The zero-order valence-electron chi connectivity index (χ0n) is 13.4. The highest BCUT2D eigenvalue weighted by Crippen LogP contribution is 2.34. The van der Waals surface area contributed by atoms with Crippen LogP contribution < -0.4 is 15.4 Å². The van der Waals surface area contributed by atoms with Crippen molar-refractivity contribution in [3.8, 4) is 5.75 Å². The third-order valence-corrected chi connectivity index (χ3v) is 4.01. The largest absolute Gasteiger partial charge is 0.496 e. The quantitative estimate of drug-likeness (QED) is 0.599. The van der Waals surface area contributed by atoms with E-state index in [1.54, 1.807) is 7.11 Å². The summed E-state index contributed by atoms with van der Waals surface area (Å²) in [5, 5.41) is 6.88. The molecular formula is C17H27N3O. The van der Waals surface area contributed by atoms with E-state index >= 15 is 0 Å². The number of hydrogen-bond donors (Lipinski definition) is 2. The zero-order chi connectivity index (χ0) is 15.1. The first kappa shape index (κ1) is 15.7. The zero-order valence-corrected chi connectivity index (χ0v) is 13.4. The van der Waals surface area contributed by atoms with Crippen LogP contribution in [0, 0.1) is 5.92 Å². The summed E-state index contributed by atoms with van der Waals surface area (Å²) in [5.41, 5.74) is 1.22. The highest BCUT2D eigenvalue weighted by molar-refractivity contribution is 5.80. The molecule has 2 atom stereocenters. The van der Waals surface area contributed by atoms with Crippen molar-refractivity contribution in [2.75, 3.05) is 20.7 Å². The van der Waals surface area contributed by atoms with Crippen LogP contribution in [0.1, 0.15) is 31.7 Å². The van der Waals surface area contributed by atoms with Gasteiger partial charge in [0.25, 0.3) is 0 Å². The van der Waals surface area contributed by atoms with E-state index in [-0.39, 0.29) is 0 Å². The Labute approximate surface area is 128 Å². The number of nitrogens with zero attached hydrogens (tertiary/aromatic N) is 1. The summed E-state index contributed by atoms with van der Waals surface area (Å²) in [7, 11) is 3.54. The highest BCUT2D eigenvalue weighted by atomic mass is 16.5. The maximum Gasteiger partial charge on any atom is 0.191 e. The molecule has 0 amide bonds. The summed E-state index contributed by atoms with van der Waals surface area (Å²) < 4.78 is 5.37. The summed E-state index contributed by atoms with van der Waals surface area (Å²) in [6.45, 7) is 3.10. The van der Waals surface area contributed by atoms with Crippen LogP contribution in [-0.2, 0) is 6.42 Å². The molecule has 1 aliphatic carbocycles. The van der Waals surface area contributed by atoms with Gasteiger partial charge in [0, 0.05) is 19.6 Å². The first-order valence-electron chi connectivity index (χ1n) is 7.87. The topological polar surface area (TPSA) is 45.7 Å². The second-order valence-electron chi connectivity index (χ2n) is 5.60. The molecule has 0 radical (unpaired) electrons. The van der Waals surface area contributed by atoms with Gasteiger partial charge in [0.1, 0.15) is 5.75 Å².